The molecule has 2 aromatic carbocycles. The molecule has 0 saturated carbocycles. The van der Waals surface area contributed by atoms with Crippen LogP contribution in [0.4, 0.5) is 0 Å². The predicted octanol–water partition coefficient (Wildman–Crippen LogP) is 3.42. The fraction of sp³-hybridized carbons (Fsp3) is 0.133. The molecule has 0 radical (unpaired) electrons. The maximum atomic E-state index is 12.0. The van der Waals surface area contributed by atoms with E-state index in [0.717, 1.165) is 11.1 Å². The van der Waals surface area contributed by atoms with E-state index in [1.807, 2.05) is 24.3 Å². The summed E-state index contributed by atoms with van der Waals surface area (Å²) in [6, 6.07) is 12.1. The van der Waals surface area contributed by atoms with Gasteiger partial charge < -0.3 is 10.4 Å². The highest BCUT2D eigenvalue weighted by Gasteiger charge is 2.10. The number of nitrogens with one attached hydrogen (secondary N) is 1. The summed E-state index contributed by atoms with van der Waals surface area (Å²) in [5.41, 5.74) is 2.17. The van der Waals surface area contributed by atoms with E-state index in [4.69, 9.17) is 28.3 Å². The molecular weight excluding hydrogens is 297 g/mol. The Morgan fingerprint density at radius 1 is 1.05 bits per heavy atom. The molecule has 0 bridgehead atoms. The Balaban J connectivity index is 2.00. The van der Waals surface area contributed by atoms with Gasteiger partial charge in [0, 0.05) is 11.6 Å². The lowest BCUT2D eigenvalue weighted by atomic mass is 10.1. The minimum atomic E-state index is -0.252. The topological polar surface area (TPSA) is 49.3 Å². The van der Waals surface area contributed by atoms with Gasteiger partial charge in [-0.25, -0.2) is 0 Å². The molecule has 0 aliphatic rings. The zero-order valence-electron chi connectivity index (χ0n) is 10.6. The van der Waals surface area contributed by atoms with Crippen molar-refractivity contribution < 1.29 is 9.90 Å². The zero-order chi connectivity index (χ0) is 14.5. The Kier molecular flexibility index (Phi) is 5.01. The molecule has 20 heavy (non-hydrogen) atoms. The van der Waals surface area contributed by atoms with Gasteiger partial charge in [-0.3, -0.25) is 4.79 Å². The Labute approximate surface area is 127 Å². The minimum absolute atomic E-state index is 0.00697. The van der Waals surface area contributed by atoms with Gasteiger partial charge >= 0.3 is 0 Å². The van der Waals surface area contributed by atoms with Gasteiger partial charge in [0.15, 0.2) is 0 Å². The molecule has 0 aliphatic heterocycles. The third kappa shape index (κ3) is 3.73. The van der Waals surface area contributed by atoms with Crippen LogP contribution in [0.5, 0.6) is 0 Å². The van der Waals surface area contributed by atoms with Crippen molar-refractivity contribution in [3.63, 3.8) is 0 Å². The van der Waals surface area contributed by atoms with E-state index in [2.05, 4.69) is 5.32 Å². The second kappa shape index (κ2) is 6.75. The van der Waals surface area contributed by atoms with Gasteiger partial charge in [0.25, 0.3) is 5.91 Å². The average Bonchev–Trinajstić information content (AvgIpc) is 2.45. The lowest BCUT2D eigenvalue weighted by Crippen LogP contribution is -2.23. The SMILES string of the molecule is O=C(NCc1ccc(CO)cc1)c1ccc(Cl)cc1Cl. The summed E-state index contributed by atoms with van der Waals surface area (Å²) in [6.07, 6.45) is 0. The van der Waals surface area contributed by atoms with Crippen LogP contribution < -0.4 is 5.32 Å². The summed E-state index contributed by atoms with van der Waals surface area (Å²) in [5.74, 6) is -0.252. The van der Waals surface area contributed by atoms with Gasteiger partial charge in [-0.15, -0.1) is 0 Å². The third-order valence-electron chi connectivity index (χ3n) is 2.83. The number of amides is 1. The summed E-state index contributed by atoms with van der Waals surface area (Å²) in [5, 5.41) is 12.6. The van der Waals surface area contributed by atoms with Crippen LogP contribution in [0, 0.1) is 0 Å². The van der Waals surface area contributed by atoms with Crippen molar-refractivity contribution in [3.8, 4) is 0 Å². The average molecular weight is 310 g/mol. The van der Waals surface area contributed by atoms with E-state index in [1.165, 1.54) is 6.07 Å². The standard InChI is InChI=1S/C15H13Cl2NO2/c16-12-5-6-13(14(17)7-12)15(20)18-8-10-1-3-11(9-19)4-2-10/h1-7,19H,8-9H2,(H,18,20). The number of halogens is 2. The predicted molar refractivity (Wildman–Crippen MR) is 80.0 cm³/mol. The van der Waals surface area contributed by atoms with Crippen LogP contribution in [-0.4, -0.2) is 11.0 Å². The number of aliphatic hydroxyl groups excluding tert-OH is 1. The first-order valence-electron chi connectivity index (χ1n) is 6.02. The van der Waals surface area contributed by atoms with E-state index in [0.29, 0.717) is 22.2 Å². The van der Waals surface area contributed by atoms with E-state index >= 15 is 0 Å². The molecule has 0 atom stereocenters. The number of aliphatic hydroxyl groups is 1. The van der Waals surface area contributed by atoms with Crippen molar-refractivity contribution in [1.29, 1.82) is 0 Å². The van der Waals surface area contributed by atoms with Crippen LogP contribution in [-0.2, 0) is 13.2 Å². The Morgan fingerprint density at radius 3 is 2.30 bits per heavy atom. The molecule has 5 heteroatoms. The van der Waals surface area contributed by atoms with Gasteiger partial charge in [-0.2, -0.15) is 0 Å². The highest BCUT2D eigenvalue weighted by molar-refractivity contribution is 6.36. The Bertz CT molecular complexity index is 612. The van der Waals surface area contributed by atoms with Crippen LogP contribution in [0.2, 0.25) is 10.0 Å². The fourth-order valence-corrected chi connectivity index (χ4v) is 2.21. The van der Waals surface area contributed by atoms with Gasteiger partial charge in [0.1, 0.15) is 0 Å². The maximum Gasteiger partial charge on any atom is 0.253 e. The number of rotatable bonds is 4. The summed E-state index contributed by atoms with van der Waals surface area (Å²) in [6.45, 7) is 0.399. The number of carbonyl (C=O) groups excluding carboxylic acids is 1. The molecule has 0 saturated heterocycles. The van der Waals surface area contributed by atoms with Gasteiger partial charge in [0.05, 0.1) is 17.2 Å². The first-order valence-corrected chi connectivity index (χ1v) is 6.77. The Hall–Kier alpha value is -1.55. The highest BCUT2D eigenvalue weighted by atomic mass is 35.5. The first kappa shape index (κ1) is 14.9. The largest absolute Gasteiger partial charge is 0.392 e. The molecule has 2 N–H and O–H groups in total. The molecule has 0 spiro atoms. The maximum absolute atomic E-state index is 12.0. The van der Waals surface area contributed by atoms with Crippen LogP contribution in [0.15, 0.2) is 42.5 Å². The van der Waals surface area contributed by atoms with E-state index in [-0.39, 0.29) is 12.5 Å². The van der Waals surface area contributed by atoms with E-state index in [9.17, 15) is 4.79 Å². The molecule has 0 aliphatic carbocycles. The summed E-state index contributed by atoms with van der Waals surface area (Å²) < 4.78 is 0. The number of hydrogen-bond donors (Lipinski definition) is 2. The summed E-state index contributed by atoms with van der Waals surface area (Å²) in [7, 11) is 0. The highest BCUT2D eigenvalue weighted by Crippen LogP contribution is 2.20. The van der Waals surface area contributed by atoms with Crippen molar-refractivity contribution in [3.05, 3.63) is 69.2 Å². The van der Waals surface area contributed by atoms with Crippen LogP contribution >= 0.6 is 23.2 Å². The van der Waals surface area contributed by atoms with Crippen LogP contribution in [0.25, 0.3) is 0 Å². The second-order valence-corrected chi connectivity index (χ2v) is 5.13. The summed E-state index contributed by atoms with van der Waals surface area (Å²) >= 11 is 11.8. The van der Waals surface area contributed by atoms with Gasteiger partial charge in [-0.1, -0.05) is 47.5 Å². The van der Waals surface area contributed by atoms with E-state index < -0.39 is 0 Å². The molecule has 0 fully saturated rings. The number of carbonyl (C=O) groups is 1. The minimum Gasteiger partial charge on any atom is -0.392 e. The van der Waals surface area contributed by atoms with Crippen molar-refractivity contribution in [2.24, 2.45) is 0 Å². The molecule has 0 unspecified atom stereocenters. The van der Waals surface area contributed by atoms with Crippen LogP contribution in [0.1, 0.15) is 21.5 Å². The van der Waals surface area contributed by atoms with Crippen molar-refractivity contribution in [2.45, 2.75) is 13.2 Å². The Morgan fingerprint density at radius 2 is 1.70 bits per heavy atom. The smallest absolute Gasteiger partial charge is 0.253 e. The molecule has 2 aromatic rings. The molecule has 104 valence electrons. The number of hydrogen-bond acceptors (Lipinski definition) is 2. The molecule has 1 amide bonds. The molecule has 0 aromatic heterocycles. The van der Waals surface area contributed by atoms with Crippen molar-refractivity contribution >= 4 is 29.1 Å². The summed E-state index contributed by atoms with van der Waals surface area (Å²) in [4.78, 5) is 12.0. The quantitative estimate of drug-likeness (QED) is 0.909. The van der Waals surface area contributed by atoms with Gasteiger partial charge in [0.2, 0.25) is 0 Å². The zero-order valence-corrected chi connectivity index (χ0v) is 12.1. The number of benzene rings is 2. The second-order valence-electron chi connectivity index (χ2n) is 4.28. The van der Waals surface area contributed by atoms with Crippen LogP contribution in [0.3, 0.4) is 0 Å². The lowest BCUT2D eigenvalue weighted by molar-refractivity contribution is 0.0951. The van der Waals surface area contributed by atoms with Crippen molar-refractivity contribution in [2.75, 3.05) is 0 Å². The molecule has 3 nitrogen and oxygen atoms in total. The molecule has 2 rings (SSSR count). The fourth-order valence-electron chi connectivity index (χ4n) is 1.71. The van der Waals surface area contributed by atoms with E-state index in [1.54, 1.807) is 12.1 Å². The monoisotopic (exact) mass is 309 g/mol. The van der Waals surface area contributed by atoms with Crippen molar-refractivity contribution in [1.82, 2.24) is 5.32 Å². The normalized spacial score (nSPS) is 10.3. The van der Waals surface area contributed by atoms with Gasteiger partial charge in [-0.05, 0) is 29.3 Å². The third-order valence-corrected chi connectivity index (χ3v) is 3.38. The molecular formula is C15H13Cl2NO2. The molecule has 0 heterocycles. The first-order chi connectivity index (χ1) is 9.60. The lowest BCUT2D eigenvalue weighted by Gasteiger charge is -2.07.